The van der Waals surface area contributed by atoms with Crippen LogP contribution in [0.2, 0.25) is 5.02 Å². The van der Waals surface area contributed by atoms with Crippen molar-refractivity contribution in [3.8, 4) is 0 Å². The van der Waals surface area contributed by atoms with E-state index in [1.807, 2.05) is 13.0 Å². The van der Waals surface area contributed by atoms with E-state index in [2.05, 4.69) is 11.4 Å². The summed E-state index contributed by atoms with van der Waals surface area (Å²) in [5, 5.41) is 3.28. The van der Waals surface area contributed by atoms with Gasteiger partial charge in [0.2, 0.25) is 0 Å². The van der Waals surface area contributed by atoms with E-state index in [9.17, 15) is 9.59 Å². The van der Waals surface area contributed by atoms with Gasteiger partial charge in [0, 0.05) is 10.7 Å². The normalized spacial score (nSPS) is 17.3. The molecule has 112 valence electrons. The molecule has 0 unspecified atom stereocenters. The molecule has 0 saturated heterocycles. The van der Waals surface area contributed by atoms with Gasteiger partial charge in [-0.1, -0.05) is 29.8 Å². The maximum absolute atomic E-state index is 11.8. The summed E-state index contributed by atoms with van der Waals surface area (Å²) in [6.07, 6.45) is 6.38. The Balaban J connectivity index is 1.83. The van der Waals surface area contributed by atoms with Gasteiger partial charge in [-0.15, -0.1) is 0 Å². The number of carbonyl (C=O) groups is 2. The molecule has 0 bridgehead atoms. The van der Waals surface area contributed by atoms with Crippen LogP contribution in [-0.4, -0.2) is 18.5 Å². The summed E-state index contributed by atoms with van der Waals surface area (Å²) in [7, 11) is 0. The maximum atomic E-state index is 11.8. The van der Waals surface area contributed by atoms with E-state index >= 15 is 0 Å². The predicted octanol–water partition coefficient (Wildman–Crippen LogP) is 3.49. The fourth-order valence-corrected chi connectivity index (χ4v) is 2.37. The van der Waals surface area contributed by atoms with E-state index in [0.29, 0.717) is 17.1 Å². The number of rotatable bonds is 4. The molecule has 0 aromatic heterocycles. The lowest BCUT2D eigenvalue weighted by atomic mass is 9.95. The molecule has 1 amide bonds. The van der Waals surface area contributed by atoms with Gasteiger partial charge in [0.25, 0.3) is 5.91 Å². The molecule has 5 heteroatoms. The molecule has 1 aliphatic rings. The lowest BCUT2D eigenvalue weighted by Gasteiger charge is -2.16. The summed E-state index contributed by atoms with van der Waals surface area (Å²) in [5.41, 5.74) is 1.42. The average molecular weight is 308 g/mol. The number of carbonyl (C=O) groups excluding carboxylic acids is 2. The van der Waals surface area contributed by atoms with Crippen LogP contribution in [0.25, 0.3) is 0 Å². The van der Waals surface area contributed by atoms with E-state index in [1.165, 1.54) is 0 Å². The van der Waals surface area contributed by atoms with Crippen LogP contribution < -0.4 is 5.32 Å². The number of benzene rings is 1. The molecule has 0 aliphatic heterocycles. The molecule has 21 heavy (non-hydrogen) atoms. The van der Waals surface area contributed by atoms with Gasteiger partial charge in [-0.3, -0.25) is 9.59 Å². The summed E-state index contributed by atoms with van der Waals surface area (Å²) >= 11 is 5.98. The van der Waals surface area contributed by atoms with E-state index in [1.54, 1.807) is 18.2 Å². The van der Waals surface area contributed by atoms with Crippen molar-refractivity contribution in [1.29, 1.82) is 0 Å². The van der Waals surface area contributed by atoms with E-state index in [4.69, 9.17) is 16.3 Å². The zero-order valence-corrected chi connectivity index (χ0v) is 12.7. The second kappa shape index (κ2) is 7.27. The molecule has 1 aliphatic carbocycles. The molecule has 0 radical (unpaired) electrons. The highest BCUT2D eigenvalue weighted by Crippen LogP contribution is 2.23. The Hall–Kier alpha value is -1.81. The van der Waals surface area contributed by atoms with Crippen LogP contribution >= 0.6 is 11.6 Å². The first-order valence-electron chi connectivity index (χ1n) is 6.94. The van der Waals surface area contributed by atoms with Crippen LogP contribution in [-0.2, 0) is 14.3 Å². The van der Waals surface area contributed by atoms with Crippen molar-refractivity contribution in [1.82, 2.24) is 0 Å². The zero-order chi connectivity index (χ0) is 15.2. The third kappa shape index (κ3) is 4.33. The number of hydrogen-bond donors (Lipinski definition) is 1. The SMILES string of the molecule is Cc1c(Cl)cccc1NC(=O)COC(=O)[C@@H]1CC=CCC1. The third-order valence-corrected chi connectivity index (χ3v) is 3.90. The maximum Gasteiger partial charge on any atom is 0.309 e. The molecule has 1 atom stereocenters. The Bertz CT molecular complexity index is 569. The van der Waals surface area contributed by atoms with Crippen molar-refractivity contribution in [2.45, 2.75) is 26.2 Å². The summed E-state index contributed by atoms with van der Waals surface area (Å²) < 4.78 is 5.07. The Morgan fingerprint density at radius 3 is 2.90 bits per heavy atom. The lowest BCUT2D eigenvalue weighted by Crippen LogP contribution is -2.25. The number of anilines is 1. The van der Waals surface area contributed by atoms with Crippen molar-refractivity contribution in [2.24, 2.45) is 5.92 Å². The molecule has 1 aromatic rings. The summed E-state index contributed by atoms with van der Waals surface area (Å²) in [4.78, 5) is 23.6. The average Bonchev–Trinajstić information content (AvgIpc) is 2.50. The van der Waals surface area contributed by atoms with Gasteiger partial charge in [0.1, 0.15) is 0 Å². The van der Waals surface area contributed by atoms with E-state index in [-0.39, 0.29) is 24.4 Å². The lowest BCUT2D eigenvalue weighted by molar-refractivity contribution is -0.151. The van der Waals surface area contributed by atoms with E-state index < -0.39 is 0 Å². The van der Waals surface area contributed by atoms with Gasteiger partial charge >= 0.3 is 5.97 Å². The molecule has 0 fully saturated rings. The number of nitrogens with one attached hydrogen (secondary N) is 1. The predicted molar refractivity (Wildman–Crippen MR) is 82.3 cm³/mol. The van der Waals surface area contributed by atoms with Gasteiger partial charge in [-0.05, 0) is 43.9 Å². The molecular formula is C16H18ClNO3. The molecule has 0 spiro atoms. The summed E-state index contributed by atoms with van der Waals surface area (Å²) in [6, 6.07) is 5.27. The first-order valence-corrected chi connectivity index (χ1v) is 7.32. The van der Waals surface area contributed by atoms with Gasteiger partial charge in [0.15, 0.2) is 6.61 Å². The Morgan fingerprint density at radius 2 is 2.19 bits per heavy atom. The number of hydrogen-bond acceptors (Lipinski definition) is 3. The molecule has 2 rings (SSSR count). The topological polar surface area (TPSA) is 55.4 Å². The van der Waals surface area contributed by atoms with Gasteiger partial charge in [-0.25, -0.2) is 0 Å². The van der Waals surface area contributed by atoms with Crippen molar-refractivity contribution in [3.05, 3.63) is 40.9 Å². The van der Waals surface area contributed by atoms with E-state index in [0.717, 1.165) is 18.4 Å². The standard InChI is InChI=1S/C16H18ClNO3/c1-11-13(17)8-5-9-14(11)18-15(19)10-21-16(20)12-6-3-2-4-7-12/h2-3,5,8-9,12H,4,6-7,10H2,1H3,(H,18,19)/t12-/m1/s1. The summed E-state index contributed by atoms with van der Waals surface area (Å²) in [6.45, 7) is 1.54. The minimum absolute atomic E-state index is 0.129. The molecule has 0 heterocycles. The fraction of sp³-hybridized carbons (Fsp3) is 0.375. The molecule has 4 nitrogen and oxygen atoms in total. The minimum Gasteiger partial charge on any atom is -0.455 e. The van der Waals surface area contributed by atoms with Gasteiger partial charge < -0.3 is 10.1 Å². The van der Waals surface area contributed by atoms with Crippen molar-refractivity contribution in [2.75, 3.05) is 11.9 Å². The highest BCUT2D eigenvalue weighted by atomic mass is 35.5. The Morgan fingerprint density at radius 1 is 1.38 bits per heavy atom. The quantitative estimate of drug-likeness (QED) is 0.684. The highest BCUT2D eigenvalue weighted by molar-refractivity contribution is 6.31. The molecule has 1 aromatic carbocycles. The minimum atomic E-state index is -0.361. The molecule has 1 N–H and O–H groups in total. The van der Waals surface area contributed by atoms with Crippen LogP contribution in [0.3, 0.4) is 0 Å². The number of allylic oxidation sites excluding steroid dienone is 2. The Kier molecular flexibility index (Phi) is 5.39. The zero-order valence-electron chi connectivity index (χ0n) is 11.9. The first-order chi connectivity index (χ1) is 10.1. The second-order valence-electron chi connectivity index (χ2n) is 5.05. The summed E-state index contributed by atoms with van der Waals surface area (Å²) in [5.74, 6) is -0.798. The number of ether oxygens (including phenoxy) is 1. The van der Waals surface area contributed by atoms with Crippen LogP contribution in [0.5, 0.6) is 0 Å². The Labute approximate surface area is 129 Å². The van der Waals surface area contributed by atoms with Crippen LogP contribution in [0.1, 0.15) is 24.8 Å². The monoisotopic (exact) mass is 307 g/mol. The third-order valence-electron chi connectivity index (χ3n) is 3.49. The fourth-order valence-electron chi connectivity index (χ4n) is 2.19. The molecule has 0 saturated carbocycles. The van der Waals surface area contributed by atoms with Crippen molar-refractivity contribution < 1.29 is 14.3 Å². The van der Waals surface area contributed by atoms with Crippen LogP contribution in [0.15, 0.2) is 30.4 Å². The van der Waals surface area contributed by atoms with Gasteiger partial charge in [0.05, 0.1) is 5.92 Å². The number of amides is 1. The smallest absolute Gasteiger partial charge is 0.309 e. The largest absolute Gasteiger partial charge is 0.455 e. The number of esters is 1. The van der Waals surface area contributed by atoms with Crippen LogP contribution in [0, 0.1) is 12.8 Å². The molecular weight excluding hydrogens is 290 g/mol. The van der Waals surface area contributed by atoms with Crippen molar-refractivity contribution >= 4 is 29.2 Å². The first kappa shape index (κ1) is 15.6. The number of halogens is 1. The van der Waals surface area contributed by atoms with Crippen LogP contribution in [0.4, 0.5) is 5.69 Å². The van der Waals surface area contributed by atoms with Crippen molar-refractivity contribution in [3.63, 3.8) is 0 Å². The van der Waals surface area contributed by atoms with Gasteiger partial charge in [-0.2, -0.15) is 0 Å². The second-order valence-corrected chi connectivity index (χ2v) is 5.46. The highest BCUT2D eigenvalue weighted by Gasteiger charge is 2.21.